The molecular weight excluding hydrogens is 297 g/mol. The van der Waals surface area contributed by atoms with Gasteiger partial charge in [-0.1, -0.05) is 26.0 Å². The Hall–Kier alpha value is -1.93. The molecule has 4 nitrogen and oxygen atoms in total. The molecule has 2 rings (SSSR count). The van der Waals surface area contributed by atoms with Crippen LogP contribution in [-0.4, -0.2) is 13.8 Å². The van der Waals surface area contributed by atoms with Crippen molar-refractivity contribution < 1.29 is 13.8 Å². The number of ether oxygens (including phenoxy) is 1. The van der Waals surface area contributed by atoms with E-state index in [0.29, 0.717) is 11.7 Å². The molecule has 0 heterocycles. The van der Waals surface area contributed by atoms with E-state index in [-0.39, 0.29) is 0 Å². The van der Waals surface area contributed by atoms with E-state index in [4.69, 9.17) is 9.26 Å². The summed E-state index contributed by atoms with van der Waals surface area (Å²) in [4.78, 5) is 0. The summed E-state index contributed by atoms with van der Waals surface area (Å²) >= 11 is 0. The molecule has 0 amide bonds. The van der Waals surface area contributed by atoms with Gasteiger partial charge in [-0.15, -0.1) is 0 Å². The summed E-state index contributed by atoms with van der Waals surface area (Å²) < 4.78 is 23.3. The van der Waals surface area contributed by atoms with Crippen LogP contribution in [0.2, 0.25) is 0 Å². The second-order valence-electron chi connectivity index (χ2n) is 5.50. The number of hydrogen-bond donors (Lipinski definition) is 1. The molecule has 0 bridgehead atoms. The van der Waals surface area contributed by atoms with Crippen LogP contribution in [0, 0.1) is 0 Å². The number of rotatable bonds is 6. The Labute approximate surface area is 132 Å². The standard InChI is InChI=1S/C17H22NO3P/c1-13(2)14-5-9-17(10-6-14)21-22(4,19)18-15-7-11-16(20-3)12-8-15/h5-13H,1-4H3,(H,18,19)/t22-/m1/s1. The molecule has 0 aliphatic rings. The van der Waals surface area contributed by atoms with Crippen LogP contribution in [0.4, 0.5) is 5.69 Å². The fourth-order valence-electron chi connectivity index (χ4n) is 2.04. The highest BCUT2D eigenvalue weighted by atomic mass is 31.2. The van der Waals surface area contributed by atoms with Gasteiger partial charge < -0.3 is 14.3 Å². The SMILES string of the molecule is COc1ccc(N[P@](C)(=O)Oc2ccc(C(C)C)cc2)cc1. The first kappa shape index (κ1) is 16.4. The lowest BCUT2D eigenvalue weighted by Crippen LogP contribution is -2.02. The Balaban J connectivity index is 2.04. The Morgan fingerprint density at radius 1 is 0.955 bits per heavy atom. The maximum Gasteiger partial charge on any atom is 0.338 e. The molecule has 2 aromatic rings. The second kappa shape index (κ2) is 6.89. The van der Waals surface area contributed by atoms with Crippen LogP contribution in [0.25, 0.3) is 0 Å². The molecular formula is C17H22NO3P. The largest absolute Gasteiger partial charge is 0.497 e. The number of hydrogen-bond acceptors (Lipinski definition) is 3. The van der Waals surface area contributed by atoms with E-state index in [1.165, 1.54) is 5.56 Å². The van der Waals surface area contributed by atoms with Gasteiger partial charge in [0.1, 0.15) is 11.5 Å². The molecule has 0 aliphatic carbocycles. The third kappa shape index (κ3) is 4.54. The highest BCUT2D eigenvalue weighted by Gasteiger charge is 2.17. The molecule has 22 heavy (non-hydrogen) atoms. The average Bonchev–Trinajstić information content (AvgIpc) is 2.47. The van der Waals surface area contributed by atoms with Crippen LogP contribution in [-0.2, 0) is 4.57 Å². The van der Waals surface area contributed by atoms with Crippen molar-refractivity contribution in [3.05, 3.63) is 54.1 Å². The highest BCUT2D eigenvalue weighted by molar-refractivity contribution is 7.60. The lowest BCUT2D eigenvalue weighted by Gasteiger charge is -2.18. The summed E-state index contributed by atoms with van der Waals surface area (Å²) in [5.74, 6) is 1.80. The highest BCUT2D eigenvalue weighted by Crippen LogP contribution is 2.43. The lowest BCUT2D eigenvalue weighted by atomic mass is 10.0. The maximum atomic E-state index is 12.6. The normalized spacial score (nSPS) is 13.5. The van der Waals surface area contributed by atoms with Crippen molar-refractivity contribution in [1.82, 2.24) is 0 Å². The van der Waals surface area contributed by atoms with Crippen LogP contribution >= 0.6 is 7.52 Å². The topological polar surface area (TPSA) is 47.6 Å². The zero-order valence-corrected chi connectivity index (χ0v) is 14.3. The molecule has 0 fully saturated rings. The summed E-state index contributed by atoms with van der Waals surface area (Å²) in [7, 11) is -1.38. The van der Waals surface area contributed by atoms with Gasteiger partial charge in [0.25, 0.3) is 0 Å². The molecule has 0 aliphatic heterocycles. The van der Waals surface area contributed by atoms with E-state index in [1.807, 2.05) is 24.3 Å². The lowest BCUT2D eigenvalue weighted by molar-refractivity contribution is 0.415. The third-order valence-electron chi connectivity index (χ3n) is 3.25. The van der Waals surface area contributed by atoms with Crippen molar-refractivity contribution in [1.29, 1.82) is 0 Å². The van der Waals surface area contributed by atoms with Gasteiger partial charge in [-0.05, 0) is 47.9 Å². The Morgan fingerprint density at radius 2 is 1.50 bits per heavy atom. The maximum absolute atomic E-state index is 12.6. The predicted molar refractivity (Wildman–Crippen MR) is 91.3 cm³/mol. The number of methoxy groups -OCH3 is 1. The minimum Gasteiger partial charge on any atom is -0.497 e. The van der Waals surface area contributed by atoms with Gasteiger partial charge in [-0.2, -0.15) is 0 Å². The molecule has 0 aromatic heterocycles. The van der Waals surface area contributed by atoms with E-state index in [2.05, 4.69) is 18.9 Å². The molecule has 0 saturated carbocycles. The van der Waals surface area contributed by atoms with Crippen molar-refractivity contribution in [3.8, 4) is 11.5 Å². The molecule has 5 heteroatoms. The smallest absolute Gasteiger partial charge is 0.338 e. The molecule has 118 valence electrons. The molecule has 0 unspecified atom stereocenters. The number of nitrogens with one attached hydrogen (secondary N) is 1. The summed E-state index contributed by atoms with van der Waals surface area (Å²) in [5, 5.41) is 2.93. The first-order valence-corrected chi connectivity index (χ1v) is 9.26. The molecule has 2 aromatic carbocycles. The van der Waals surface area contributed by atoms with E-state index in [9.17, 15) is 4.57 Å². The molecule has 0 saturated heterocycles. The average molecular weight is 319 g/mol. The van der Waals surface area contributed by atoms with E-state index < -0.39 is 7.52 Å². The van der Waals surface area contributed by atoms with Crippen LogP contribution < -0.4 is 14.3 Å². The molecule has 1 atom stereocenters. The summed E-state index contributed by atoms with van der Waals surface area (Å²) in [6.07, 6.45) is 0. The fraction of sp³-hybridized carbons (Fsp3) is 0.294. The predicted octanol–water partition coefficient (Wildman–Crippen LogP) is 5.13. The zero-order valence-electron chi connectivity index (χ0n) is 13.4. The molecule has 0 spiro atoms. The minimum atomic E-state index is -2.99. The number of anilines is 1. The van der Waals surface area contributed by atoms with Crippen LogP contribution in [0.3, 0.4) is 0 Å². The van der Waals surface area contributed by atoms with E-state index in [1.54, 1.807) is 38.0 Å². The Morgan fingerprint density at radius 3 is 2.00 bits per heavy atom. The van der Waals surface area contributed by atoms with Crippen molar-refractivity contribution in [2.75, 3.05) is 18.9 Å². The van der Waals surface area contributed by atoms with Gasteiger partial charge in [0.15, 0.2) is 0 Å². The van der Waals surface area contributed by atoms with E-state index >= 15 is 0 Å². The fourth-order valence-corrected chi connectivity index (χ4v) is 3.23. The van der Waals surface area contributed by atoms with Crippen molar-refractivity contribution in [3.63, 3.8) is 0 Å². The van der Waals surface area contributed by atoms with Crippen molar-refractivity contribution in [2.45, 2.75) is 19.8 Å². The van der Waals surface area contributed by atoms with Gasteiger partial charge in [-0.25, -0.2) is 0 Å². The third-order valence-corrected chi connectivity index (χ3v) is 4.47. The van der Waals surface area contributed by atoms with Crippen molar-refractivity contribution >= 4 is 13.2 Å². The quantitative estimate of drug-likeness (QED) is 0.750. The zero-order chi connectivity index (χ0) is 16.2. The summed E-state index contributed by atoms with van der Waals surface area (Å²) in [5.41, 5.74) is 1.95. The van der Waals surface area contributed by atoms with E-state index in [0.717, 1.165) is 11.4 Å². The van der Waals surface area contributed by atoms with Gasteiger partial charge in [-0.3, -0.25) is 4.57 Å². The molecule has 1 N–H and O–H groups in total. The van der Waals surface area contributed by atoms with Gasteiger partial charge in [0.05, 0.1) is 7.11 Å². The first-order valence-electron chi connectivity index (χ1n) is 7.19. The van der Waals surface area contributed by atoms with Gasteiger partial charge >= 0.3 is 7.52 Å². The second-order valence-corrected chi connectivity index (χ2v) is 7.60. The Bertz CT molecular complexity index is 651. The van der Waals surface area contributed by atoms with Crippen LogP contribution in [0.5, 0.6) is 11.5 Å². The summed E-state index contributed by atoms with van der Waals surface area (Å²) in [6.45, 7) is 5.82. The van der Waals surface area contributed by atoms with Crippen molar-refractivity contribution in [2.24, 2.45) is 0 Å². The van der Waals surface area contributed by atoms with Gasteiger partial charge in [0, 0.05) is 12.4 Å². The molecule has 0 radical (unpaired) electrons. The van der Waals surface area contributed by atoms with Crippen LogP contribution in [0.15, 0.2) is 48.5 Å². The Kier molecular flexibility index (Phi) is 5.15. The monoisotopic (exact) mass is 319 g/mol. The number of benzene rings is 2. The summed E-state index contributed by atoms with van der Waals surface area (Å²) in [6, 6.07) is 14.9. The van der Waals surface area contributed by atoms with Gasteiger partial charge in [0.2, 0.25) is 0 Å². The first-order chi connectivity index (χ1) is 10.4. The minimum absolute atomic E-state index is 0.458. The van der Waals surface area contributed by atoms with Crippen LogP contribution in [0.1, 0.15) is 25.3 Å².